The van der Waals surface area contributed by atoms with Gasteiger partial charge in [-0.1, -0.05) is 46.3 Å². The molecule has 2 heterocycles. The molecular formula is C29H25BrN4O4. The molecule has 5 rings (SSSR count). The zero-order chi connectivity index (χ0) is 26.6. The molecule has 5 aromatic rings. The number of urea groups is 1. The molecule has 0 saturated carbocycles. The molecule has 0 aliphatic rings. The number of amides is 2. The van der Waals surface area contributed by atoms with E-state index in [4.69, 9.17) is 14.1 Å². The second-order valence-electron chi connectivity index (χ2n) is 8.62. The maximum Gasteiger partial charge on any atom is 0.322 e. The first-order valence-corrected chi connectivity index (χ1v) is 12.8. The summed E-state index contributed by atoms with van der Waals surface area (Å²) in [6.07, 6.45) is 1.56. The van der Waals surface area contributed by atoms with Crippen molar-refractivity contribution in [2.24, 2.45) is 0 Å². The summed E-state index contributed by atoms with van der Waals surface area (Å²) in [5, 5.41) is 3.42. The van der Waals surface area contributed by atoms with E-state index in [-0.39, 0.29) is 18.1 Å². The number of para-hydroxylation sites is 3. The molecule has 0 bridgehead atoms. The number of hydrogen-bond donors (Lipinski definition) is 1. The van der Waals surface area contributed by atoms with Crippen molar-refractivity contribution in [1.29, 1.82) is 0 Å². The van der Waals surface area contributed by atoms with Crippen LogP contribution in [0.5, 0.6) is 5.75 Å². The van der Waals surface area contributed by atoms with Crippen molar-refractivity contribution in [2.75, 3.05) is 12.4 Å². The van der Waals surface area contributed by atoms with Gasteiger partial charge in [-0.25, -0.2) is 9.78 Å². The third-order valence-corrected chi connectivity index (χ3v) is 6.71. The Bertz CT molecular complexity index is 1650. The highest BCUT2D eigenvalue weighted by Gasteiger charge is 2.29. The number of nitrogens with one attached hydrogen (secondary N) is 1. The highest BCUT2D eigenvalue weighted by Crippen LogP contribution is 2.29. The van der Waals surface area contributed by atoms with Gasteiger partial charge in [0.2, 0.25) is 0 Å². The number of aromatic nitrogens is 2. The van der Waals surface area contributed by atoms with Crippen LogP contribution in [0.3, 0.4) is 0 Å². The van der Waals surface area contributed by atoms with Crippen molar-refractivity contribution < 1.29 is 13.9 Å². The van der Waals surface area contributed by atoms with Crippen molar-refractivity contribution in [1.82, 2.24) is 14.5 Å². The maximum absolute atomic E-state index is 13.9. The molecule has 0 saturated heterocycles. The number of rotatable bonds is 7. The van der Waals surface area contributed by atoms with Crippen LogP contribution in [0.15, 0.2) is 105 Å². The van der Waals surface area contributed by atoms with E-state index in [9.17, 15) is 9.59 Å². The first-order chi connectivity index (χ1) is 18.5. The summed E-state index contributed by atoms with van der Waals surface area (Å²) in [4.78, 5) is 34.1. The molecule has 0 aliphatic heterocycles. The van der Waals surface area contributed by atoms with Crippen LogP contribution in [0.25, 0.3) is 16.6 Å². The van der Waals surface area contributed by atoms with Gasteiger partial charge >= 0.3 is 6.03 Å². The minimum Gasteiger partial charge on any atom is -0.495 e. The van der Waals surface area contributed by atoms with Crippen molar-refractivity contribution in [2.45, 2.75) is 19.5 Å². The van der Waals surface area contributed by atoms with E-state index >= 15 is 0 Å². The van der Waals surface area contributed by atoms with Crippen LogP contribution < -0.4 is 15.6 Å². The van der Waals surface area contributed by atoms with E-state index in [1.54, 1.807) is 66.8 Å². The average molecular weight is 573 g/mol. The van der Waals surface area contributed by atoms with Crippen LogP contribution in [0, 0.1) is 0 Å². The van der Waals surface area contributed by atoms with E-state index in [0.29, 0.717) is 39.6 Å². The summed E-state index contributed by atoms with van der Waals surface area (Å²) >= 11 is 3.44. The number of nitrogens with zero attached hydrogens (tertiary/aromatic N) is 3. The van der Waals surface area contributed by atoms with E-state index in [2.05, 4.69) is 21.2 Å². The van der Waals surface area contributed by atoms with Crippen molar-refractivity contribution >= 4 is 38.6 Å². The number of methoxy groups -OCH3 is 1. The lowest BCUT2D eigenvalue weighted by molar-refractivity contribution is 0.179. The molecular weight excluding hydrogens is 548 g/mol. The quantitative estimate of drug-likeness (QED) is 0.239. The minimum atomic E-state index is -0.644. The Morgan fingerprint density at radius 1 is 1.08 bits per heavy atom. The highest BCUT2D eigenvalue weighted by atomic mass is 79.9. The van der Waals surface area contributed by atoms with Gasteiger partial charge in [0.05, 0.1) is 42.5 Å². The zero-order valence-electron chi connectivity index (χ0n) is 20.8. The summed E-state index contributed by atoms with van der Waals surface area (Å²) in [7, 11) is 1.55. The van der Waals surface area contributed by atoms with E-state index in [1.807, 2.05) is 43.3 Å². The lowest BCUT2D eigenvalue weighted by Gasteiger charge is -2.30. The average Bonchev–Trinajstić information content (AvgIpc) is 3.45. The van der Waals surface area contributed by atoms with Gasteiger partial charge in [0, 0.05) is 10.2 Å². The minimum absolute atomic E-state index is 0.155. The molecule has 1 atom stereocenters. The van der Waals surface area contributed by atoms with E-state index in [0.717, 1.165) is 4.47 Å². The fourth-order valence-corrected chi connectivity index (χ4v) is 4.73. The van der Waals surface area contributed by atoms with Crippen LogP contribution in [0.2, 0.25) is 0 Å². The summed E-state index contributed by atoms with van der Waals surface area (Å²) in [6.45, 7) is 1.99. The molecule has 1 N–H and O–H groups in total. The maximum atomic E-state index is 13.9. The molecule has 9 heteroatoms. The third kappa shape index (κ3) is 5.05. The second-order valence-corrected chi connectivity index (χ2v) is 9.54. The summed E-state index contributed by atoms with van der Waals surface area (Å²) in [6, 6.07) is 24.3. The Kier molecular flexibility index (Phi) is 7.28. The second kappa shape index (κ2) is 10.9. The number of furan rings is 1. The lowest BCUT2D eigenvalue weighted by Crippen LogP contribution is -2.39. The number of carbonyl (C=O) groups is 1. The Morgan fingerprint density at radius 2 is 1.87 bits per heavy atom. The van der Waals surface area contributed by atoms with Gasteiger partial charge in [-0.2, -0.15) is 0 Å². The molecule has 3 aromatic carbocycles. The highest BCUT2D eigenvalue weighted by molar-refractivity contribution is 9.10. The predicted molar refractivity (Wildman–Crippen MR) is 150 cm³/mol. The van der Waals surface area contributed by atoms with Crippen molar-refractivity contribution in [3.8, 4) is 11.4 Å². The molecule has 0 fully saturated rings. The Hall–Kier alpha value is -4.37. The van der Waals surface area contributed by atoms with Crippen LogP contribution in [-0.2, 0) is 6.54 Å². The molecule has 8 nitrogen and oxygen atoms in total. The van der Waals surface area contributed by atoms with Crippen LogP contribution in [-0.4, -0.2) is 27.6 Å². The number of halogens is 1. The van der Waals surface area contributed by atoms with Gasteiger partial charge in [-0.05, 0) is 61.5 Å². The van der Waals surface area contributed by atoms with Gasteiger partial charge < -0.3 is 19.4 Å². The monoisotopic (exact) mass is 572 g/mol. The molecule has 192 valence electrons. The number of hydrogen-bond acceptors (Lipinski definition) is 5. The standard InChI is InChI=1S/C29H25BrN4O4/c1-19(33(18-22-11-8-16-38-22)29(36)31-21-10-7-9-20(30)17-21)27-32-24-13-4-3-12-23(24)28(35)34(27)25-14-5-6-15-26(25)37-2/h3-17,19H,18H2,1-2H3,(H,31,36). The number of ether oxygens (including phenoxy) is 1. The van der Waals surface area contributed by atoms with Crippen LogP contribution >= 0.6 is 15.9 Å². The van der Waals surface area contributed by atoms with Crippen LogP contribution in [0.4, 0.5) is 10.5 Å². The fraction of sp³-hybridized carbons (Fsp3) is 0.138. The first-order valence-electron chi connectivity index (χ1n) is 12.0. The van der Waals surface area contributed by atoms with Gasteiger partial charge in [0.15, 0.2) is 0 Å². The Labute approximate surface area is 227 Å². The molecule has 2 amide bonds. The topological polar surface area (TPSA) is 89.6 Å². The van der Waals surface area contributed by atoms with Gasteiger partial charge in [-0.15, -0.1) is 0 Å². The normalized spacial score (nSPS) is 11.8. The number of benzene rings is 3. The van der Waals surface area contributed by atoms with Crippen molar-refractivity contribution in [3.05, 3.63) is 118 Å². The van der Waals surface area contributed by atoms with Gasteiger partial charge in [0.1, 0.15) is 17.3 Å². The van der Waals surface area contributed by atoms with Gasteiger partial charge in [0.25, 0.3) is 5.56 Å². The predicted octanol–water partition coefficient (Wildman–Crippen LogP) is 6.55. The van der Waals surface area contributed by atoms with E-state index in [1.165, 1.54) is 4.57 Å². The van der Waals surface area contributed by atoms with Crippen LogP contribution in [0.1, 0.15) is 24.6 Å². The summed E-state index contributed by atoms with van der Waals surface area (Å²) < 4.78 is 13.5. The summed E-state index contributed by atoms with van der Waals surface area (Å²) in [5.41, 5.74) is 1.43. The summed E-state index contributed by atoms with van der Waals surface area (Å²) in [5.74, 6) is 1.48. The SMILES string of the molecule is COc1ccccc1-n1c(C(C)N(Cc2ccco2)C(=O)Nc2cccc(Br)c2)nc2ccccc2c1=O. The number of anilines is 1. The zero-order valence-corrected chi connectivity index (χ0v) is 22.4. The van der Waals surface area contributed by atoms with Crippen molar-refractivity contribution in [3.63, 3.8) is 0 Å². The molecule has 0 radical (unpaired) electrons. The molecule has 0 aliphatic carbocycles. The number of fused-ring (bicyclic) bond motifs is 1. The van der Waals surface area contributed by atoms with Gasteiger partial charge in [-0.3, -0.25) is 9.36 Å². The fourth-order valence-electron chi connectivity index (χ4n) is 4.33. The first kappa shape index (κ1) is 25.3. The number of carbonyl (C=O) groups excluding carboxylic acids is 1. The molecule has 1 unspecified atom stereocenters. The smallest absolute Gasteiger partial charge is 0.322 e. The lowest BCUT2D eigenvalue weighted by atomic mass is 10.1. The van der Waals surface area contributed by atoms with E-state index < -0.39 is 6.04 Å². The Balaban J connectivity index is 1.66. The third-order valence-electron chi connectivity index (χ3n) is 6.21. The largest absolute Gasteiger partial charge is 0.495 e. The Morgan fingerprint density at radius 3 is 2.63 bits per heavy atom. The molecule has 38 heavy (non-hydrogen) atoms. The molecule has 2 aromatic heterocycles. The molecule has 0 spiro atoms.